The summed E-state index contributed by atoms with van der Waals surface area (Å²) in [6.07, 6.45) is 4.42. The first kappa shape index (κ1) is 19.4. The van der Waals surface area contributed by atoms with Gasteiger partial charge in [0.05, 0.1) is 31.1 Å². The van der Waals surface area contributed by atoms with Gasteiger partial charge in [0.15, 0.2) is 4.34 Å². The molecule has 2 saturated heterocycles. The Kier molecular flexibility index (Phi) is 6.61. The van der Waals surface area contributed by atoms with Gasteiger partial charge in [-0.3, -0.25) is 9.69 Å². The minimum Gasteiger partial charge on any atom is -0.376 e. The number of nitrogens with one attached hydrogen (secondary N) is 2. The molecule has 0 saturated carbocycles. The third-order valence-corrected chi connectivity index (χ3v) is 6.90. The number of pyridine rings is 1. The van der Waals surface area contributed by atoms with Crippen LogP contribution in [-0.4, -0.2) is 72.2 Å². The zero-order valence-corrected chi connectivity index (χ0v) is 17.3. The van der Waals surface area contributed by atoms with E-state index < -0.39 is 0 Å². The van der Waals surface area contributed by atoms with Crippen LogP contribution in [0.2, 0.25) is 0 Å². The van der Waals surface area contributed by atoms with Crippen molar-refractivity contribution in [3.63, 3.8) is 0 Å². The van der Waals surface area contributed by atoms with Crippen molar-refractivity contribution in [3.05, 3.63) is 24.4 Å². The maximum absolute atomic E-state index is 12.5. The van der Waals surface area contributed by atoms with Crippen molar-refractivity contribution in [3.8, 4) is 0 Å². The molecule has 150 valence electrons. The molecule has 0 spiro atoms. The van der Waals surface area contributed by atoms with E-state index in [1.807, 2.05) is 23.2 Å². The Morgan fingerprint density at radius 3 is 2.96 bits per heavy atom. The van der Waals surface area contributed by atoms with Gasteiger partial charge in [0.2, 0.25) is 11.0 Å². The Hall–Kier alpha value is -1.91. The predicted molar refractivity (Wildman–Crippen MR) is 110 cm³/mol. The van der Waals surface area contributed by atoms with Crippen LogP contribution in [-0.2, 0) is 9.53 Å². The molecule has 1 amide bonds. The lowest BCUT2D eigenvalue weighted by molar-refractivity contribution is -0.364. The van der Waals surface area contributed by atoms with Gasteiger partial charge in [-0.05, 0) is 18.9 Å². The summed E-state index contributed by atoms with van der Waals surface area (Å²) in [5, 5.41) is 12.4. The van der Waals surface area contributed by atoms with Crippen molar-refractivity contribution in [1.82, 2.24) is 15.1 Å². The predicted octanol–water partition coefficient (Wildman–Crippen LogP) is 1.38. The number of hydrogen-bond acceptors (Lipinski definition) is 8. The number of carbonyl (C=O) groups excluding carboxylic acids is 1. The SMILES string of the molecule is O=C(CSc1nnc(NC[C@H]2CCCO2)s1)N1CCN(c2cccc[nH+]2)CC1. The lowest BCUT2D eigenvalue weighted by Gasteiger charge is -2.30. The highest BCUT2D eigenvalue weighted by atomic mass is 32.2. The van der Waals surface area contributed by atoms with E-state index in [1.54, 1.807) is 0 Å². The molecule has 2 aliphatic heterocycles. The number of rotatable bonds is 7. The number of hydrogen-bond donors (Lipinski definition) is 1. The second kappa shape index (κ2) is 9.53. The molecule has 0 bridgehead atoms. The van der Waals surface area contributed by atoms with Gasteiger partial charge in [-0.2, -0.15) is 0 Å². The average Bonchev–Trinajstić information content (AvgIpc) is 3.43. The summed E-state index contributed by atoms with van der Waals surface area (Å²) in [6.45, 7) is 4.78. The highest BCUT2D eigenvalue weighted by Crippen LogP contribution is 2.26. The summed E-state index contributed by atoms with van der Waals surface area (Å²) in [5.74, 6) is 1.66. The number of thioether (sulfide) groups is 1. The maximum atomic E-state index is 12.5. The number of anilines is 2. The fourth-order valence-electron chi connectivity index (χ4n) is 3.34. The number of amides is 1. The number of nitrogens with zero attached hydrogens (tertiary/aromatic N) is 4. The van der Waals surface area contributed by atoms with Gasteiger partial charge in [0, 0.05) is 19.2 Å². The Balaban J connectivity index is 1.18. The number of aromatic amines is 1. The van der Waals surface area contributed by atoms with Crippen LogP contribution in [0.25, 0.3) is 0 Å². The number of carbonyl (C=O) groups is 1. The van der Waals surface area contributed by atoms with Gasteiger partial charge in [0.25, 0.3) is 5.82 Å². The molecule has 0 radical (unpaired) electrons. The molecule has 0 aromatic carbocycles. The van der Waals surface area contributed by atoms with Gasteiger partial charge in [-0.15, -0.1) is 10.2 Å². The van der Waals surface area contributed by atoms with Crippen LogP contribution < -0.4 is 15.2 Å². The van der Waals surface area contributed by atoms with Gasteiger partial charge >= 0.3 is 0 Å². The molecule has 2 fully saturated rings. The normalized spacial score (nSPS) is 19.8. The van der Waals surface area contributed by atoms with Crippen molar-refractivity contribution in [2.75, 3.05) is 55.3 Å². The lowest BCUT2D eigenvalue weighted by Crippen LogP contribution is -2.50. The third kappa shape index (κ3) is 5.12. The highest BCUT2D eigenvalue weighted by Gasteiger charge is 2.26. The minimum absolute atomic E-state index is 0.158. The average molecular weight is 422 g/mol. The highest BCUT2D eigenvalue weighted by molar-refractivity contribution is 8.01. The largest absolute Gasteiger partial charge is 0.376 e. The fourth-order valence-corrected chi connectivity index (χ4v) is 5.00. The molecule has 10 heteroatoms. The summed E-state index contributed by atoms with van der Waals surface area (Å²) in [7, 11) is 0. The van der Waals surface area contributed by atoms with Crippen LogP contribution in [0.3, 0.4) is 0 Å². The van der Waals surface area contributed by atoms with Crippen molar-refractivity contribution < 1.29 is 14.5 Å². The van der Waals surface area contributed by atoms with E-state index in [-0.39, 0.29) is 12.0 Å². The third-order valence-electron chi connectivity index (χ3n) is 4.90. The molecule has 1 atom stereocenters. The monoisotopic (exact) mass is 421 g/mol. The smallest absolute Gasteiger partial charge is 0.274 e. The summed E-state index contributed by atoms with van der Waals surface area (Å²) in [5.41, 5.74) is 0. The number of aromatic nitrogens is 3. The van der Waals surface area contributed by atoms with E-state index in [1.165, 1.54) is 23.1 Å². The van der Waals surface area contributed by atoms with Crippen LogP contribution in [0.15, 0.2) is 28.7 Å². The quantitative estimate of drug-likeness (QED) is 0.676. The number of piperazine rings is 1. The Morgan fingerprint density at radius 2 is 2.21 bits per heavy atom. The second-order valence-corrected chi connectivity index (χ2v) is 8.99. The Bertz CT molecular complexity index is 760. The zero-order valence-electron chi connectivity index (χ0n) is 15.7. The Morgan fingerprint density at radius 1 is 1.32 bits per heavy atom. The molecule has 0 aliphatic carbocycles. The maximum Gasteiger partial charge on any atom is 0.274 e. The molecular weight excluding hydrogens is 396 g/mol. The first-order chi connectivity index (χ1) is 13.8. The van der Waals surface area contributed by atoms with E-state index in [9.17, 15) is 4.79 Å². The van der Waals surface area contributed by atoms with Gasteiger partial charge in [0.1, 0.15) is 13.1 Å². The standard InChI is InChI=1S/C18H24N6O2S2/c25-16(24-9-7-23(8-10-24)15-5-1-2-6-19-15)13-27-18-22-21-17(28-18)20-12-14-4-3-11-26-14/h1-2,5-6,14H,3-4,7-13H2,(H,20,21)/p+1/t14-/m1/s1. The molecule has 4 rings (SSSR count). The molecule has 2 aliphatic rings. The lowest BCUT2D eigenvalue weighted by atomic mass is 10.2. The van der Waals surface area contributed by atoms with Crippen molar-refractivity contribution in [2.45, 2.75) is 23.3 Å². The van der Waals surface area contributed by atoms with Crippen LogP contribution in [0.1, 0.15) is 12.8 Å². The molecule has 8 nitrogen and oxygen atoms in total. The summed E-state index contributed by atoms with van der Waals surface area (Å²) >= 11 is 2.95. The summed E-state index contributed by atoms with van der Waals surface area (Å²) in [4.78, 5) is 20.0. The first-order valence-electron chi connectivity index (χ1n) is 9.59. The van der Waals surface area contributed by atoms with Crippen LogP contribution >= 0.6 is 23.1 Å². The molecule has 2 aromatic rings. The van der Waals surface area contributed by atoms with E-state index >= 15 is 0 Å². The van der Waals surface area contributed by atoms with E-state index in [0.29, 0.717) is 5.75 Å². The number of ether oxygens (including phenoxy) is 1. The van der Waals surface area contributed by atoms with Crippen LogP contribution in [0.5, 0.6) is 0 Å². The van der Waals surface area contributed by atoms with E-state index in [2.05, 4.69) is 31.5 Å². The van der Waals surface area contributed by atoms with Crippen LogP contribution in [0, 0.1) is 0 Å². The van der Waals surface area contributed by atoms with Gasteiger partial charge in [-0.25, -0.2) is 4.98 Å². The molecule has 2 N–H and O–H groups in total. The van der Waals surface area contributed by atoms with E-state index in [4.69, 9.17) is 4.74 Å². The molecule has 0 unspecified atom stereocenters. The van der Waals surface area contributed by atoms with Crippen molar-refractivity contribution in [2.24, 2.45) is 0 Å². The van der Waals surface area contributed by atoms with Crippen molar-refractivity contribution >= 4 is 40.0 Å². The fraction of sp³-hybridized carbons (Fsp3) is 0.556. The molecule has 4 heterocycles. The van der Waals surface area contributed by atoms with E-state index in [0.717, 1.165) is 67.5 Å². The summed E-state index contributed by atoms with van der Waals surface area (Å²) < 4.78 is 6.42. The zero-order chi connectivity index (χ0) is 19.2. The van der Waals surface area contributed by atoms with Crippen LogP contribution in [0.4, 0.5) is 10.9 Å². The molecule has 2 aromatic heterocycles. The minimum atomic E-state index is 0.158. The topological polar surface area (TPSA) is 84.7 Å². The Labute approximate surface area is 172 Å². The van der Waals surface area contributed by atoms with Crippen molar-refractivity contribution in [1.29, 1.82) is 0 Å². The second-order valence-electron chi connectivity index (χ2n) is 6.79. The summed E-state index contributed by atoms with van der Waals surface area (Å²) in [6, 6.07) is 6.05. The molecule has 28 heavy (non-hydrogen) atoms. The molecular formula is C18H25N6O2S2+. The first-order valence-corrected chi connectivity index (χ1v) is 11.4. The van der Waals surface area contributed by atoms with Gasteiger partial charge in [-0.1, -0.05) is 29.2 Å². The number of H-pyrrole nitrogens is 1. The van der Waals surface area contributed by atoms with Gasteiger partial charge < -0.3 is 15.0 Å².